The van der Waals surface area contributed by atoms with Crippen molar-refractivity contribution in [2.75, 3.05) is 5.43 Å². The van der Waals surface area contributed by atoms with E-state index in [-0.39, 0.29) is 23.2 Å². The molecule has 0 aliphatic rings. The number of hydrogen-bond acceptors (Lipinski definition) is 7. The number of rotatable bonds is 5. The van der Waals surface area contributed by atoms with Crippen molar-refractivity contribution in [2.45, 2.75) is 39.7 Å². The number of nitrogens with zero attached hydrogens (tertiary/aromatic N) is 3. The Bertz CT molecular complexity index is 461. The molecule has 1 heterocycles. The number of hydrogen-bond donors (Lipinski definition) is 2. The van der Waals surface area contributed by atoms with E-state index in [0.717, 1.165) is 0 Å². The number of anilines is 1. The van der Waals surface area contributed by atoms with E-state index in [9.17, 15) is 10.1 Å². The summed E-state index contributed by atoms with van der Waals surface area (Å²) in [6.45, 7) is 7.07. The summed E-state index contributed by atoms with van der Waals surface area (Å²) in [5.41, 5.74) is 1.65. The van der Waals surface area contributed by atoms with E-state index in [4.69, 9.17) is 10.6 Å². The maximum atomic E-state index is 11.0. The zero-order valence-electron chi connectivity index (χ0n) is 10.9. The zero-order valence-corrected chi connectivity index (χ0v) is 10.9. The molecule has 0 atom stereocenters. The Balaban J connectivity index is 3.30. The Morgan fingerprint density at radius 1 is 1.50 bits per heavy atom. The Labute approximate surface area is 105 Å². The third-order valence-corrected chi connectivity index (χ3v) is 2.56. The van der Waals surface area contributed by atoms with Gasteiger partial charge in [-0.25, -0.2) is 10.8 Å². The molecule has 0 bridgehead atoms. The maximum Gasteiger partial charge on any atom is 0.352 e. The van der Waals surface area contributed by atoms with Crippen molar-refractivity contribution >= 4 is 11.6 Å². The molecule has 1 aromatic heterocycles. The summed E-state index contributed by atoms with van der Waals surface area (Å²) >= 11 is 0. The van der Waals surface area contributed by atoms with Crippen molar-refractivity contribution in [1.29, 1.82) is 0 Å². The average molecular weight is 255 g/mol. The predicted octanol–water partition coefficient (Wildman–Crippen LogP) is 1.55. The molecule has 0 saturated heterocycles. The van der Waals surface area contributed by atoms with Crippen LogP contribution in [0.15, 0.2) is 0 Å². The van der Waals surface area contributed by atoms with Gasteiger partial charge in [0.15, 0.2) is 0 Å². The molecule has 1 aromatic rings. The monoisotopic (exact) mass is 255 g/mol. The van der Waals surface area contributed by atoms with Crippen LogP contribution in [-0.4, -0.2) is 20.5 Å². The molecule has 0 spiro atoms. The van der Waals surface area contributed by atoms with Crippen molar-refractivity contribution < 1.29 is 9.66 Å². The van der Waals surface area contributed by atoms with Gasteiger partial charge in [-0.2, -0.15) is 4.98 Å². The normalized spacial score (nSPS) is 11.2. The number of ether oxygens (including phenoxy) is 1. The zero-order chi connectivity index (χ0) is 13.9. The number of aryl methyl sites for hydroxylation is 1. The summed E-state index contributed by atoms with van der Waals surface area (Å²) in [6, 6.07) is 0. The standard InChI is InChI=1S/C10H17N5O3/c1-5-10(3,4)18-8-7(15(16)17)6(2)12-9(13-8)14-11/h5,11H2,1-4H3,(H,12,13,14). The van der Waals surface area contributed by atoms with Crippen molar-refractivity contribution in [2.24, 2.45) is 5.84 Å². The molecule has 0 amide bonds. The molecule has 100 valence electrons. The summed E-state index contributed by atoms with van der Waals surface area (Å²) in [4.78, 5) is 18.2. The van der Waals surface area contributed by atoms with Gasteiger partial charge in [-0.15, -0.1) is 0 Å². The van der Waals surface area contributed by atoms with Crippen molar-refractivity contribution in [3.05, 3.63) is 15.8 Å². The van der Waals surface area contributed by atoms with Gasteiger partial charge in [0.2, 0.25) is 5.95 Å². The summed E-state index contributed by atoms with van der Waals surface area (Å²) in [5.74, 6) is 5.22. The van der Waals surface area contributed by atoms with Crippen LogP contribution in [0, 0.1) is 17.0 Å². The first-order chi connectivity index (χ1) is 8.30. The van der Waals surface area contributed by atoms with Crippen LogP contribution in [-0.2, 0) is 0 Å². The Kier molecular flexibility index (Phi) is 4.02. The third kappa shape index (κ3) is 3.04. The van der Waals surface area contributed by atoms with E-state index >= 15 is 0 Å². The molecule has 0 aliphatic carbocycles. The predicted molar refractivity (Wildman–Crippen MR) is 66.2 cm³/mol. The SMILES string of the molecule is CCC(C)(C)Oc1nc(NN)nc(C)c1[N+](=O)[O-]. The molecule has 1 rings (SSSR count). The second-order valence-corrected chi connectivity index (χ2v) is 4.40. The van der Waals surface area contributed by atoms with Crippen LogP contribution in [0.25, 0.3) is 0 Å². The van der Waals surface area contributed by atoms with Gasteiger partial charge in [0.05, 0.1) is 4.92 Å². The molecule has 18 heavy (non-hydrogen) atoms. The van der Waals surface area contributed by atoms with Crippen LogP contribution in [0.1, 0.15) is 32.9 Å². The lowest BCUT2D eigenvalue weighted by molar-refractivity contribution is -0.387. The summed E-state index contributed by atoms with van der Waals surface area (Å²) < 4.78 is 5.58. The second-order valence-electron chi connectivity index (χ2n) is 4.40. The van der Waals surface area contributed by atoms with Gasteiger partial charge in [-0.1, -0.05) is 6.92 Å². The van der Waals surface area contributed by atoms with Gasteiger partial charge >= 0.3 is 5.69 Å². The van der Waals surface area contributed by atoms with E-state index in [1.807, 2.05) is 20.8 Å². The highest BCUT2D eigenvalue weighted by Gasteiger charge is 2.28. The molecular formula is C10H17N5O3. The first kappa shape index (κ1) is 14.1. The van der Waals surface area contributed by atoms with Gasteiger partial charge in [0, 0.05) is 0 Å². The van der Waals surface area contributed by atoms with Gasteiger partial charge in [-0.3, -0.25) is 15.5 Å². The number of hydrazine groups is 1. The summed E-state index contributed by atoms with van der Waals surface area (Å²) in [5, 5.41) is 11.0. The van der Waals surface area contributed by atoms with E-state index in [1.165, 1.54) is 6.92 Å². The average Bonchev–Trinajstić information content (AvgIpc) is 2.27. The van der Waals surface area contributed by atoms with Gasteiger partial charge in [0.25, 0.3) is 5.88 Å². The van der Waals surface area contributed by atoms with Gasteiger partial charge in [-0.05, 0) is 27.2 Å². The molecular weight excluding hydrogens is 238 g/mol. The third-order valence-electron chi connectivity index (χ3n) is 2.56. The van der Waals surface area contributed by atoms with Crippen LogP contribution < -0.4 is 16.0 Å². The van der Waals surface area contributed by atoms with Crippen molar-refractivity contribution in [3.8, 4) is 5.88 Å². The van der Waals surface area contributed by atoms with Gasteiger partial charge < -0.3 is 4.74 Å². The molecule has 0 saturated carbocycles. The van der Waals surface area contributed by atoms with Crippen LogP contribution >= 0.6 is 0 Å². The van der Waals surface area contributed by atoms with Crippen molar-refractivity contribution in [3.63, 3.8) is 0 Å². The highest BCUT2D eigenvalue weighted by atomic mass is 16.6. The molecule has 0 unspecified atom stereocenters. The van der Waals surface area contributed by atoms with E-state index in [1.54, 1.807) is 0 Å². The van der Waals surface area contributed by atoms with Crippen LogP contribution in [0.5, 0.6) is 5.88 Å². The fourth-order valence-corrected chi connectivity index (χ4v) is 1.22. The number of nitrogens with one attached hydrogen (secondary N) is 1. The quantitative estimate of drug-likeness (QED) is 0.465. The second kappa shape index (κ2) is 5.13. The number of nitro groups is 1. The Hall–Kier alpha value is -1.96. The lowest BCUT2D eigenvalue weighted by Gasteiger charge is -2.24. The van der Waals surface area contributed by atoms with E-state index in [0.29, 0.717) is 6.42 Å². The summed E-state index contributed by atoms with van der Waals surface area (Å²) in [7, 11) is 0. The molecule has 0 fully saturated rings. The lowest BCUT2D eigenvalue weighted by atomic mass is 10.1. The molecule has 0 aromatic carbocycles. The highest BCUT2D eigenvalue weighted by Crippen LogP contribution is 2.31. The van der Waals surface area contributed by atoms with Crippen LogP contribution in [0.3, 0.4) is 0 Å². The molecule has 8 heteroatoms. The van der Waals surface area contributed by atoms with E-state index < -0.39 is 10.5 Å². The maximum absolute atomic E-state index is 11.0. The molecule has 0 aliphatic heterocycles. The topological polar surface area (TPSA) is 116 Å². The fraction of sp³-hybridized carbons (Fsp3) is 0.600. The number of nitrogen functional groups attached to an aromatic ring is 1. The lowest BCUT2D eigenvalue weighted by Crippen LogP contribution is -2.28. The van der Waals surface area contributed by atoms with Crippen LogP contribution in [0.4, 0.5) is 11.6 Å². The number of aromatic nitrogens is 2. The molecule has 3 N–H and O–H groups in total. The first-order valence-corrected chi connectivity index (χ1v) is 5.49. The largest absolute Gasteiger partial charge is 0.467 e. The smallest absolute Gasteiger partial charge is 0.352 e. The molecule has 8 nitrogen and oxygen atoms in total. The number of nitrogens with two attached hydrogens (primary N) is 1. The van der Waals surface area contributed by atoms with Crippen LogP contribution in [0.2, 0.25) is 0 Å². The fourth-order valence-electron chi connectivity index (χ4n) is 1.22. The molecule has 0 radical (unpaired) electrons. The highest BCUT2D eigenvalue weighted by molar-refractivity contribution is 5.48. The van der Waals surface area contributed by atoms with Gasteiger partial charge in [0.1, 0.15) is 11.3 Å². The minimum absolute atomic E-state index is 0.0766. The van der Waals surface area contributed by atoms with E-state index in [2.05, 4.69) is 15.4 Å². The Morgan fingerprint density at radius 2 is 2.11 bits per heavy atom. The van der Waals surface area contributed by atoms with Crippen molar-refractivity contribution in [1.82, 2.24) is 9.97 Å². The summed E-state index contributed by atoms with van der Waals surface area (Å²) in [6.07, 6.45) is 0.679. The first-order valence-electron chi connectivity index (χ1n) is 5.49. The minimum Gasteiger partial charge on any atom is -0.467 e. The Morgan fingerprint density at radius 3 is 2.56 bits per heavy atom. The minimum atomic E-state index is -0.559.